The van der Waals surface area contributed by atoms with Crippen molar-refractivity contribution < 1.29 is 28.8 Å². The Labute approximate surface area is 114 Å². The van der Waals surface area contributed by atoms with Crippen molar-refractivity contribution in [3.63, 3.8) is 0 Å². The molecular formula is C13H26O6. The molecule has 0 aliphatic carbocycles. The molecule has 19 heavy (non-hydrogen) atoms. The Bertz CT molecular complexity index is 232. The molecule has 1 saturated heterocycles. The number of hydrogen-bond acceptors (Lipinski definition) is 6. The third kappa shape index (κ3) is 4.11. The first-order valence-electron chi connectivity index (χ1n) is 6.93. The third-order valence-corrected chi connectivity index (χ3v) is 2.99. The van der Waals surface area contributed by atoms with Crippen LogP contribution in [0.5, 0.6) is 0 Å². The highest BCUT2D eigenvalue weighted by Gasteiger charge is 2.49. The van der Waals surface area contributed by atoms with E-state index in [1.807, 2.05) is 27.7 Å². The van der Waals surface area contributed by atoms with Gasteiger partial charge in [-0.15, -0.1) is 0 Å². The van der Waals surface area contributed by atoms with Crippen molar-refractivity contribution in [1.82, 2.24) is 0 Å². The molecule has 0 aromatic rings. The van der Waals surface area contributed by atoms with Crippen molar-refractivity contribution in [2.24, 2.45) is 0 Å². The monoisotopic (exact) mass is 278 g/mol. The third-order valence-electron chi connectivity index (χ3n) is 2.99. The first-order valence-corrected chi connectivity index (χ1v) is 6.93. The zero-order valence-electron chi connectivity index (χ0n) is 12.3. The van der Waals surface area contributed by atoms with Crippen LogP contribution < -0.4 is 0 Å². The molecular weight excluding hydrogens is 252 g/mol. The summed E-state index contributed by atoms with van der Waals surface area (Å²) in [5.74, 6) is -1.37. The summed E-state index contributed by atoms with van der Waals surface area (Å²) < 4.78 is 27.8. The van der Waals surface area contributed by atoms with Gasteiger partial charge in [-0.05, 0) is 27.2 Å². The molecule has 0 unspecified atom stereocenters. The van der Waals surface area contributed by atoms with E-state index < -0.39 is 17.9 Å². The molecule has 1 fully saturated rings. The SMILES string of the molecule is CCOC(OCC)(OCC)C1OCC(O)(CC)CO1. The van der Waals surface area contributed by atoms with Gasteiger partial charge in [-0.3, -0.25) is 0 Å². The van der Waals surface area contributed by atoms with Crippen LogP contribution in [-0.2, 0) is 23.7 Å². The summed E-state index contributed by atoms with van der Waals surface area (Å²) in [4.78, 5) is 0. The van der Waals surface area contributed by atoms with Crippen molar-refractivity contribution >= 4 is 0 Å². The van der Waals surface area contributed by atoms with E-state index >= 15 is 0 Å². The van der Waals surface area contributed by atoms with Crippen molar-refractivity contribution in [2.45, 2.75) is 52.0 Å². The van der Waals surface area contributed by atoms with E-state index in [1.165, 1.54) is 0 Å². The Morgan fingerprint density at radius 3 is 1.74 bits per heavy atom. The highest BCUT2D eigenvalue weighted by molar-refractivity contribution is 4.81. The van der Waals surface area contributed by atoms with E-state index in [9.17, 15) is 5.11 Å². The molecule has 0 bridgehead atoms. The van der Waals surface area contributed by atoms with Gasteiger partial charge < -0.3 is 28.8 Å². The lowest BCUT2D eigenvalue weighted by molar-refractivity contribution is -0.468. The molecule has 1 aliphatic heterocycles. The number of hydrogen-bond donors (Lipinski definition) is 1. The highest BCUT2D eigenvalue weighted by Crippen LogP contribution is 2.30. The first-order chi connectivity index (χ1) is 9.05. The van der Waals surface area contributed by atoms with Gasteiger partial charge >= 0.3 is 5.97 Å². The Morgan fingerprint density at radius 1 is 1.00 bits per heavy atom. The van der Waals surface area contributed by atoms with Crippen LogP contribution in [0.2, 0.25) is 0 Å². The minimum atomic E-state index is -1.37. The van der Waals surface area contributed by atoms with Crippen LogP contribution in [-0.4, -0.2) is 56.0 Å². The lowest BCUT2D eigenvalue weighted by Gasteiger charge is -2.43. The van der Waals surface area contributed by atoms with Gasteiger partial charge in [0.25, 0.3) is 0 Å². The molecule has 1 rings (SSSR count). The minimum Gasteiger partial charge on any atom is -0.385 e. The van der Waals surface area contributed by atoms with E-state index in [2.05, 4.69) is 0 Å². The Kier molecular flexibility index (Phi) is 6.65. The molecule has 1 heterocycles. The number of ether oxygens (including phenoxy) is 5. The van der Waals surface area contributed by atoms with Crippen LogP contribution in [0.25, 0.3) is 0 Å². The van der Waals surface area contributed by atoms with Crippen molar-refractivity contribution in [1.29, 1.82) is 0 Å². The average molecular weight is 278 g/mol. The van der Waals surface area contributed by atoms with Crippen LogP contribution >= 0.6 is 0 Å². The van der Waals surface area contributed by atoms with E-state index in [-0.39, 0.29) is 13.2 Å². The Balaban J connectivity index is 2.75. The van der Waals surface area contributed by atoms with Crippen LogP contribution in [0.3, 0.4) is 0 Å². The van der Waals surface area contributed by atoms with E-state index in [0.29, 0.717) is 26.2 Å². The summed E-state index contributed by atoms with van der Waals surface area (Å²) in [6.07, 6.45) is -0.246. The maximum Gasteiger partial charge on any atom is 0.337 e. The van der Waals surface area contributed by atoms with Crippen molar-refractivity contribution in [3.05, 3.63) is 0 Å². The summed E-state index contributed by atoms with van der Waals surface area (Å²) in [5, 5.41) is 10.1. The fraction of sp³-hybridized carbons (Fsp3) is 1.00. The fourth-order valence-corrected chi connectivity index (χ4v) is 1.89. The minimum absolute atomic E-state index is 0.170. The van der Waals surface area contributed by atoms with Crippen LogP contribution in [0.15, 0.2) is 0 Å². The zero-order chi connectivity index (χ0) is 14.4. The lowest BCUT2D eigenvalue weighted by atomic mass is 10.0. The van der Waals surface area contributed by atoms with Gasteiger partial charge in [0.2, 0.25) is 6.29 Å². The molecule has 0 spiro atoms. The number of aliphatic hydroxyl groups is 1. The first kappa shape index (κ1) is 16.8. The molecule has 0 amide bonds. The van der Waals surface area contributed by atoms with Crippen LogP contribution in [0.4, 0.5) is 0 Å². The second-order valence-electron chi connectivity index (χ2n) is 4.43. The normalized spacial score (nSPS) is 28.6. The van der Waals surface area contributed by atoms with Gasteiger partial charge in [0.05, 0.1) is 13.2 Å². The summed E-state index contributed by atoms with van der Waals surface area (Å²) >= 11 is 0. The Morgan fingerprint density at radius 2 is 1.42 bits per heavy atom. The molecule has 0 atom stereocenters. The van der Waals surface area contributed by atoms with E-state index in [0.717, 1.165) is 0 Å². The topological polar surface area (TPSA) is 66.4 Å². The number of rotatable bonds is 8. The molecule has 0 saturated carbocycles. The molecule has 6 heteroatoms. The standard InChI is InChI=1S/C13H26O6/c1-5-12(14)9-15-11(16-10-12)13(17-6-2,18-7-3)19-8-4/h11,14H,5-10H2,1-4H3. The lowest BCUT2D eigenvalue weighted by Crippen LogP contribution is -2.58. The predicted octanol–water partition coefficient (Wildman–Crippen LogP) is 1.26. The Hall–Kier alpha value is -0.240. The van der Waals surface area contributed by atoms with Crippen LogP contribution in [0.1, 0.15) is 34.1 Å². The molecule has 1 aliphatic rings. The second kappa shape index (κ2) is 7.52. The summed E-state index contributed by atoms with van der Waals surface area (Å²) in [5.41, 5.74) is -0.952. The highest BCUT2D eigenvalue weighted by atomic mass is 16.9. The average Bonchev–Trinajstić information content (AvgIpc) is 2.40. The van der Waals surface area contributed by atoms with E-state index in [4.69, 9.17) is 23.7 Å². The van der Waals surface area contributed by atoms with Crippen molar-refractivity contribution in [3.8, 4) is 0 Å². The second-order valence-corrected chi connectivity index (χ2v) is 4.43. The van der Waals surface area contributed by atoms with Gasteiger partial charge in [-0.1, -0.05) is 6.92 Å². The quantitative estimate of drug-likeness (QED) is 0.674. The van der Waals surface area contributed by atoms with E-state index in [1.54, 1.807) is 0 Å². The maximum absolute atomic E-state index is 10.1. The molecule has 6 nitrogen and oxygen atoms in total. The van der Waals surface area contributed by atoms with Crippen LogP contribution in [0, 0.1) is 0 Å². The van der Waals surface area contributed by atoms with Gasteiger partial charge in [-0.2, -0.15) is 0 Å². The smallest absolute Gasteiger partial charge is 0.337 e. The molecule has 1 N–H and O–H groups in total. The summed E-state index contributed by atoms with van der Waals surface area (Å²) in [7, 11) is 0. The zero-order valence-corrected chi connectivity index (χ0v) is 12.3. The van der Waals surface area contributed by atoms with Gasteiger partial charge in [-0.25, -0.2) is 0 Å². The molecule has 0 radical (unpaired) electrons. The van der Waals surface area contributed by atoms with Crippen molar-refractivity contribution in [2.75, 3.05) is 33.0 Å². The largest absolute Gasteiger partial charge is 0.385 e. The fourth-order valence-electron chi connectivity index (χ4n) is 1.89. The van der Waals surface area contributed by atoms with Gasteiger partial charge in [0.1, 0.15) is 5.60 Å². The summed E-state index contributed by atoms with van der Waals surface area (Å²) in [6, 6.07) is 0. The van der Waals surface area contributed by atoms with Gasteiger partial charge in [0, 0.05) is 19.8 Å². The van der Waals surface area contributed by atoms with Gasteiger partial charge in [0.15, 0.2) is 0 Å². The molecule has 0 aromatic heterocycles. The predicted molar refractivity (Wildman–Crippen MR) is 68.5 cm³/mol. The molecule has 114 valence electrons. The maximum atomic E-state index is 10.1. The molecule has 0 aromatic carbocycles. The summed E-state index contributed by atoms with van der Waals surface area (Å²) in [6.45, 7) is 8.97.